The maximum absolute atomic E-state index is 12.8. The molecule has 4 N–H and O–H groups in total. The number of piperidine rings is 1. The first kappa shape index (κ1) is 14.9. The van der Waals surface area contributed by atoms with Gasteiger partial charge in [0.15, 0.2) is 0 Å². The third kappa shape index (κ3) is 2.22. The zero-order valence-electron chi connectivity index (χ0n) is 13.1. The second kappa shape index (κ2) is 5.48. The van der Waals surface area contributed by atoms with Gasteiger partial charge in [-0.05, 0) is 18.1 Å². The van der Waals surface area contributed by atoms with Crippen LogP contribution in [0.15, 0.2) is 6.07 Å². The smallest absolute Gasteiger partial charge is 0.257 e. The first-order valence-corrected chi connectivity index (χ1v) is 7.98. The summed E-state index contributed by atoms with van der Waals surface area (Å²) in [6, 6.07) is 1.28. The molecular weight excluding hydrogens is 312 g/mol. The number of anilines is 1. The molecule has 0 spiro atoms. The fourth-order valence-corrected chi connectivity index (χ4v) is 3.57. The van der Waals surface area contributed by atoms with E-state index in [4.69, 9.17) is 10.5 Å². The van der Waals surface area contributed by atoms with E-state index in [1.54, 1.807) is 0 Å². The number of imide groups is 1. The number of carbonyl (C=O) groups excluding carboxylic acids is 3. The summed E-state index contributed by atoms with van der Waals surface area (Å²) in [6.07, 6.45) is 0.567. The van der Waals surface area contributed by atoms with Crippen LogP contribution in [0, 0.1) is 0 Å². The molecule has 1 aromatic carbocycles. The molecule has 0 saturated carbocycles. The first-order valence-electron chi connectivity index (χ1n) is 7.98. The summed E-state index contributed by atoms with van der Waals surface area (Å²) in [5, 5.41) is 5.53. The van der Waals surface area contributed by atoms with E-state index in [9.17, 15) is 14.4 Å². The number of nitrogen functional groups attached to an aromatic ring is 1. The van der Waals surface area contributed by atoms with Crippen molar-refractivity contribution in [1.82, 2.24) is 15.5 Å². The van der Waals surface area contributed by atoms with E-state index in [1.807, 2.05) is 6.07 Å². The monoisotopic (exact) mass is 330 g/mol. The van der Waals surface area contributed by atoms with Gasteiger partial charge >= 0.3 is 0 Å². The van der Waals surface area contributed by atoms with E-state index < -0.39 is 11.9 Å². The number of carbonyl (C=O) groups is 3. The van der Waals surface area contributed by atoms with Gasteiger partial charge in [0.25, 0.3) is 5.91 Å². The zero-order chi connectivity index (χ0) is 16.8. The molecule has 1 saturated heterocycles. The normalized spacial score (nSPS) is 23.2. The van der Waals surface area contributed by atoms with Crippen LogP contribution >= 0.6 is 0 Å². The van der Waals surface area contributed by atoms with E-state index in [0.717, 1.165) is 17.7 Å². The summed E-state index contributed by atoms with van der Waals surface area (Å²) >= 11 is 0. The maximum Gasteiger partial charge on any atom is 0.257 e. The molecule has 1 fully saturated rings. The number of fused-ring (bicyclic) bond motifs is 2. The Balaban J connectivity index is 1.69. The summed E-state index contributed by atoms with van der Waals surface area (Å²) in [5.74, 6) is -0.450. The molecule has 4 rings (SSSR count). The van der Waals surface area contributed by atoms with Gasteiger partial charge < -0.3 is 20.7 Å². The number of nitrogens with one attached hydrogen (secondary N) is 2. The van der Waals surface area contributed by atoms with Crippen LogP contribution in [0.1, 0.15) is 34.3 Å². The first-order chi connectivity index (χ1) is 11.6. The minimum absolute atomic E-state index is 0.232. The number of hydrogen-bond donors (Lipinski definition) is 3. The second-order valence-corrected chi connectivity index (χ2v) is 6.24. The molecule has 1 atom stereocenters. The minimum atomic E-state index is -0.638. The van der Waals surface area contributed by atoms with Gasteiger partial charge in [-0.3, -0.25) is 19.7 Å². The highest BCUT2D eigenvalue weighted by molar-refractivity contribution is 6.08. The number of rotatable bonds is 1. The number of benzene rings is 1. The fourth-order valence-electron chi connectivity index (χ4n) is 3.57. The topological polar surface area (TPSA) is 114 Å². The quantitative estimate of drug-likeness (QED) is 0.473. The molecule has 3 aliphatic rings. The Morgan fingerprint density at radius 2 is 2.08 bits per heavy atom. The van der Waals surface area contributed by atoms with Crippen LogP contribution in [0.4, 0.5) is 5.69 Å². The molecule has 24 heavy (non-hydrogen) atoms. The van der Waals surface area contributed by atoms with Crippen molar-refractivity contribution >= 4 is 23.4 Å². The SMILES string of the molecule is Nc1c2c(cc3c1C(=O)N(C1CCC(=O)NC1=O)C3)CNCCO2. The van der Waals surface area contributed by atoms with Crippen molar-refractivity contribution in [2.75, 3.05) is 18.9 Å². The lowest BCUT2D eigenvalue weighted by molar-refractivity contribution is -0.136. The van der Waals surface area contributed by atoms with Crippen molar-refractivity contribution in [3.63, 3.8) is 0 Å². The fraction of sp³-hybridized carbons (Fsp3) is 0.438. The molecule has 8 nitrogen and oxygen atoms in total. The third-order valence-corrected chi connectivity index (χ3v) is 4.72. The Hall–Kier alpha value is -2.61. The highest BCUT2D eigenvalue weighted by Gasteiger charge is 2.41. The van der Waals surface area contributed by atoms with Crippen molar-refractivity contribution < 1.29 is 19.1 Å². The summed E-state index contributed by atoms with van der Waals surface area (Å²) in [5.41, 5.74) is 8.68. The highest BCUT2D eigenvalue weighted by atomic mass is 16.5. The van der Waals surface area contributed by atoms with Gasteiger partial charge in [0, 0.05) is 31.6 Å². The second-order valence-electron chi connectivity index (χ2n) is 6.24. The van der Waals surface area contributed by atoms with Crippen molar-refractivity contribution in [2.24, 2.45) is 0 Å². The van der Waals surface area contributed by atoms with Crippen molar-refractivity contribution in [3.05, 3.63) is 22.8 Å². The standard InChI is InChI=1S/C16H18N4O4/c17-13-12-9(5-8-6-18-3-4-24-14(8)13)7-20(16(12)23)10-1-2-11(21)19-15(10)22/h5,10,18H,1-4,6-7,17H2,(H,19,21,22). The Bertz CT molecular complexity index is 761. The van der Waals surface area contributed by atoms with Gasteiger partial charge in [0.05, 0.1) is 11.3 Å². The van der Waals surface area contributed by atoms with Gasteiger partial charge in [-0.1, -0.05) is 0 Å². The lowest BCUT2D eigenvalue weighted by Crippen LogP contribution is -2.52. The van der Waals surface area contributed by atoms with Crippen molar-refractivity contribution in [1.29, 1.82) is 0 Å². The molecule has 1 aromatic rings. The molecule has 8 heteroatoms. The highest BCUT2D eigenvalue weighted by Crippen LogP contribution is 2.39. The Morgan fingerprint density at radius 3 is 2.88 bits per heavy atom. The van der Waals surface area contributed by atoms with Crippen molar-refractivity contribution in [2.45, 2.75) is 32.0 Å². The number of hydrogen-bond acceptors (Lipinski definition) is 6. The Morgan fingerprint density at radius 1 is 1.25 bits per heavy atom. The summed E-state index contributed by atoms with van der Waals surface area (Å²) in [6.45, 7) is 2.15. The van der Waals surface area contributed by atoms with Gasteiger partial charge in [-0.2, -0.15) is 0 Å². The molecule has 0 radical (unpaired) electrons. The molecule has 0 aromatic heterocycles. The van der Waals surface area contributed by atoms with Crippen LogP contribution in [0.25, 0.3) is 0 Å². The molecule has 1 unspecified atom stereocenters. The number of amides is 3. The van der Waals surface area contributed by atoms with Crippen LogP contribution in [-0.2, 0) is 22.7 Å². The predicted molar refractivity (Wildman–Crippen MR) is 84.1 cm³/mol. The number of nitrogens with two attached hydrogens (primary N) is 1. The number of nitrogens with zero attached hydrogens (tertiary/aromatic N) is 1. The van der Waals surface area contributed by atoms with E-state index in [-0.39, 0.29) is 18.2 Å². The van der Waals surface area contributed by atoms with Gasteiger partial charge in [-0.15, -0.1) is 0 Å². The summed E-state index contributed by atoms with van der Waals surface area (Å²) in [7, 11) is 0. The molecule has 3 heterocycles. The van der Waals surface area contributed by atoms with Crippen LogP contribution in [0.2, 0.25) is 0 Å². The van der Waals surface area contributed by atoms with Crippen LogP contribution < -0.4 is 21.1 Å². The van der Waals surface area contributed by atoms with Crippen LogP contribution in [0.5, 0.6) is 5.75 Å². The summed E-state index contributed by atoms with van der Waals surface area (Å²) in [4.78, 5) is 37.7. The van der Waals surface area contributed by atoms with E-state index in [0.29, 0.717) is 43.1 Å². The van der Waals surface area contributed by atoms with Crippen molar-refractivity contribution in [3.8, 4) is 5.75 Å². The minimum Gasteiger partial charge on any atom is -0.490 e. The lowest BCUT2D eigenvalue weighted by Gasteiger charge is -2.29. The zero-order valence-corrected chi connectivity index (χ0v) is 13.1. The molecule has 3 amide bonds. The van der Waals surface area contributed by atoms with Crippen LogP contribution in [-0.4, -0.2) is 41.8 Å². The number of ether oxygens (including phenoxy) is 1. The molecule has 126 valence electrons. The average Bonchev–Trinajstić information content (AvgIpc) is 2.72. The maximum atomic E-state index is 12.8. The Kier molecular flexibility index (Phi) is 3.42. The van der Waals surface area contributed by atoms with E-state index >= 15 is 0 Å². The average molecular weight is 330 g/mol. The van der Waals surface area contributed by atoms with E-state index in [1.165, 1.54) is 4.90 Å². The lowest BCUT2D eigenvalue weighted by atomic mass is 10.0. The van der Waals surface area contributed by atoms with E-state index in [2.05, 4.69) is 10.6 Å². The van der Waals surface area contributed by atoms with Gasteiger partial charge in [0.2, 0.25) is 11.8 Å². The summed E-state index contributed by atoms with van der Waals surface area (Å²) < 4.78 is 5.69. The third-order valence-electron chi connectivity index (χ3n) is 4.72. The van der Waals surface area contributed by atoms with Gasteiger partial charge in [0.1, 0.15) is 18.4 Å². The predicted octanol–water partition coefficient (Wildman–Crippen LogP) is -0.488. The molecule has 3 aliphatic heterocycles. The molecule has 0 bridgehead atoms. The van der Waals surface area contributed by atoms with Crippen LogP contribution in [0.3, 0.4) is 0 Å². The largest absolute Gasteiger partial charge is 0.490 e. The molecular formula is C16H18N4O4. The molecule has 0 aliphatic carbocycles. The van der Waals surface area contributed by atoms with Gasteiger partial charge in [-0.25, -0.2) is 0 Å². The Labute approximate surface area is 138 Å².